The van der Waals surface area contributed by atoms with Crippen LogP contribution in [0, 0.1) is 0 Å². The Morgan fingerprint density at radius 3 is 2.91 bits per heavy atom. The topological polar surface area (TPSA) is 95.4 Å². The molecule has 0 bridgehead atoms. The number of hydrogen-bond acceptors (Lipinski definition) is 5. The van der Waals surface area contributed by atoms with Gasteiger partial charge in [-0.3, -0.25) is 9.59 Å². The Morgan fingerprint density at radius 1 is 1.36 bits per heavy atom. The average Bonchev–Trinajstić information content (AvgIpc) is 2.61. The minimum Gasteiger partial charge on any atom is -0.481 e. The molecule has 7 nitrogen and oxygen atoms in total. The molecule has 0 aliphatic carbocycles. The summed E-state index contributed by atoms with van der Waals surface area (Å²) < 4.78 is 0. The fourth-order valence-electron chi connectivity index (χ4n) is 2.45. The van der Waals surface area contributed by atoms with Crippen molar-refractivity contribution in [2.24, 2.45) is 0 Å². The standard InChI is InChI=1S/C15H14N4O3/c1-2-19-13-10(6-9(8-17-13)7-12(20)21)15(22)18-11-4-3-5-16-14(11)19/h3-6,8H,2,7H2,1H3,(H,18,22)(H,20,21). The van der Waals surface area contributed by atoms with Gasteiger partial charge in [0.15, 0.2) is 5.82 Å². The maximum atomic E-state index is 12.4. The first-order valence-electron chi connectivity index (χ1n) is 6.84. The first kappa shape index (κ1) is 14.0. The molecule has 0 unspecified atom stereocenters. The Labute approximate surface area is 126 Å². The zero-order chi connectivity index (χ0) is 15.7. The highest BCUT2D eigenvalue weighted by Gasteiger charge is 2.26. The molecule has 3 heterocycles. The van der Waals surface area contributed by atoms with Crippen LogP contribution in [0.2, 0.25) is 0 Å². The number of carboxylic acid groups (broad SMARTS) is 1. The average molecular weight is 298 g/mol. The SMILES string of the molecule is CCN1c2ncccc2NC(=O)c2cc(CC(=O)O)cnc21. The molecule has 1 aliphatic heterocycles. The van der Waals surface area contributed by atoms with Crippen LogP contribution in [0.15, 0.2) is 30.6 Å². The van der Waals surface area contributed by atoms with E-state index in [1.165, 1.54) is 6.20 Å². The van der Waals surface area contributed by atoms with Gasteiger partial charge in [0.05, 0.1) is 17.7 Å². The van der Waals surface area contributed by atoms with Gasteiger partial charge < -0.3 is 15.3 Å². The number of anilines is 3. The van der Waals surface area contributed by atoms with Crippen molar-refractivity contribution in [3.63, 3.8) is 0 Å². The van der Waals surface area contributed by atoms with Crippen LogP contribution in [0.1, 0.15) is 22.8 Å². The van der Waals surface area contributed by atoms with Crippen molar-refractivity contribution >= 4 is 29.2 Å². The van der Waals surface area contributed by atoms with E-state index in [0.29, 0.717) is 35.0 Å². The third-order valence-electron chi connectivity index (χ3n) is 3.39. The third-order valence-corrected chi connectivity index (χ3v) is 3.39. The molecule has 2 aromatic heterocycles. The highest BCUT2D eigenvalue weighted by Crippen LogP contribution is 2.34. The predicted molar refractivity (Wildman–Crippen MR) is 80.4 cm³/mol. The van der Waals surface area contributed by atoms with E-state index in [4.69, 9.17) is 5.11 Å². The summed E-state index contributed by atoms with van der Waals surface area (Å²) in [6.45, 7) is 2.52. The Balaban J connectivity index is 2.14. The van der Waals surface area contributed by atoms with Crippen molar-refractivity contribution in [2.45, 2.75) is 13.3 Å². The Hall–Kier alpha value is -2.96. The summed E-state index contributed by atoms with van der Waals surface area (Å²) in [5.41, 5.74) is 1.43. The summed E-state index contributed by atoms with van der Waals surface area (Å²) >= 11 is 0. The van der Waals surface area contributed by atoms with Crippen molar-refractivity contribution < 1.29 is 14.7 Å². The van der Waals surface area contributed by atoms with Crippen LogP contribution in [0.3, 0.4) is 0 Å². The third kappa shape index (κ3) is 2.37. The molecule has 0 fully saturated rings. The minimum absolute atomic E-state index is 0.176. The molecule has 1 aliphatic rings. The minimum atomic E-state index is -0.965. The lowest BCUT2D eigenvalue weighted by Crippen LogP contribution is -2.20. The van der Waals surface area contributed by atoms with Gasteiger partial charge in [-0.2, -0.15) is 0 Å². The van der Waals surface area contributed by atoms with E-state index in [2.05, 4.69) is 15.3 Å². The van der Waals surface area contributed by atoms with Gasteiger partial charge >= 0.3 is 5.97 Å². The zero-order valence-corrected chi connectivity index (χ0v) is 11.9. The number of fused-ring (bicyclic) bond motifs is 2. The second-order valence-corrected chi connectivity index (χ2v) is 4.86. The van der Waals surface area contributed by atoms with Crippen molar-refractivity contribution in [3.05, 3.63) is 41.7 Å². The van der Waals surface area contributed by atoms with Crippen LogP contribution in [0.5, 0.6) is 0 Å². The summed E-state index contributed by atoms with van der Waals surface area (Å²) in [4.78, 5) is 33.7. The molecular formula is C15H14N4O3. The summed E-state index contributed by atoms with van der Waals surface area (Å²) in [6, 6.07) is 5.08. The van der Waals surface area contributed by atoms with Crippen LogP contribution in [0.4, 0.5) is 17.3 Å². The molecule has 112 valence electrons. The van der Waals surface area contributed by atoms with E-state index in [0.717, 1.165) is 0 Å². The first-order valence-corrected chi connectivity index (χ1v) is 6.84. The van der Waals surface area contributed by atoms with Gasteiger partial charge in [-0.25, -0.2) is 9.97 Å². The Bertz CT molecular complexity index is 760. The van der Waals surface area contributed by atoms with E-state index in [1.54, 1.807) is 24.4 Å². The van der Waals surface area contributed by atoms with E-state index in [1.807, 2.05) is 11.8 Å². The fourth-order valence-corrected chi connectivity index (χ4v) is 2.45. The molecule has 1 amide bonds. The lowest BCUT2D eigenvalue weighted by atomic mass is 10.1. The number of hydrogen-bond donors (Lipinski definition) is 2. The molecule has 0 spiro atoms. The number of nitrogens with zero attached hydrogens (tertiary/aromatic N) is 3. The molecular weight excluding hydrogens is 284 g/mol. The molecule has 0 saturated heterocycles. The van der Waals surface area contributed by atoms with E-state index < -0.39 is 5.97 Å². The molecule has 3 rings (SSSR count). The highest BCUT2D eigenvalue weighted by molar-refractivity contribution is 6.11. The Morgan fingerprint density at radius 2 is 2.18 bits per heavy atom. The normalized spacial score (nSPS) is 13.0. The van der Waals surface area contributed by atoms with Crippen molar-refractivity contribution in [1.29, 1.82) is 0 Å². The number of aliphatic carboxylic acids is 1. The molecule has 0 saturated carbocycles. The van der Waals surface area contributed by atoms with Crippen LogP contribution in [0.25, 0.3) is 0 Å². The van der Waals surface area contributed by atoms with Crippen LogP contribution < -0.4 is 10.2 Å². The van der Waals surface area contributed by atoms with Crippen molar-refractivity contribution in [1.82, 2.24) is 9.97 Å². The molecule has 7 heteroatoms. The van der Waals surface area contributed by atoms with Gasteiger partial charge in [-0.05, 0) is 30.7 Å². The first-order chi connectivity index (χ1) is 10.6. The van der Waals surface area contributed by atoms with E-state index >= 15 is 0 Å². The number of rotatable bonds is 3. The van der Waals surface area contributed by atoms with Crippen molar-refractivity contribution in [3.8, 4) is 0 Å². The number of aromatic nitrogens is 2. The number of carbonyl (C=O) groups excluding carboxylic acids is 1. The van der Waals surface area contributed by atoms with Crippen LogP contribution in [-0.2, 0) is 11.2 Å². The summed E-state index contributed by atoms with van der Waals surface area (Å²) in [5, 5.41) is 11.7. The number of amides is 1. The maximum absolute atomic E-state index is 12.4. The van der Waals surface area contributed by atoms with Gasteiger partial charge in [0.25, 0.3) is 5.91 Å². The quantitative estimate of drug-likeness (QED) is 0.897. The van der Waals surface area contributed by atoms with Crippen LogP contribution >= 0.6 is 0 Å². The second kappa shape index (κ2) is 5.44. The Kier molecular flexibility index (Phi) is 3.46. The molecule has 0 aromatic carbocycles. The summed E-state index contributed by atoms with van der Waals surface area (Å²) in [7, 11) is 0. The van der Waals surface area contributed by atoms with Gasteiger partial charge in [-0.1, -0.05) is 0 Å². The second-order valence-electron chi connectivity index (χ2n) is 4.86. The summed E-state index contributed by atoms with van der Waals surface area (Å²) in [6.07, 6.45) is 2.96. The van der Waals surface area contributed by atoms with Gasteiger partial charge in [0.2, 0.25) is 0 Å². The number of nitrogens with one attached hydrogen (secondary N) is 1. The van der Waals surface area contributed by atoms with Crippen molar-refractivity contribution in [2.75, 3.05) is 16.8 Å². The molecule has 22 heavy (non-hydrogen) atoms. The largest absolute Gasteiger partial charge is 0.481 e. The van der Waals surface area contributed by atoms with Crippen LogP contribution in [-0.4, -0.2) is 33.5 Å². The predicted octanol–water partition coefficient (Wildman–Crippen LogP) is 1.83. The fraction of sp³-hybridized carbons (Fsp3) is 0.200. The summed E-state index contributed by atoms with van der Waals surface area (Å²) in [5.74, 6) is -0.185. The number of carboxylic acids is 1. The van der Waals surface area contributed by atoms with Gasteiger partial charge in [0, 0.05) is 18.9 Å². The lowest BCUT2D eigenvalue weighted by molar-refractivity contribution is -0.136. The number of carbonyl (C=O) groups is 2. The molecule has 0 atom stereocenters. The zero-order valence-electron chi connectivity index (χ0n) is 11.9. The van der Waals surface area contributed by atoms with Gasteiger partial charge in [-0.15, -0.1) is 0 Å². The maximum Gasteiger partial charge on any atom is 0.307 e. The molecule has 2 N–H and O–H groups in total. The highest BCUT2D eigenvalue weighted by atomic mass is 16.4. The smallest absolute Gasteiger partial charge is 0.307 e. The lowest BCUT2D eigenvalue weighted by Gasteiger charge is -2.21. The van der Waals surface area contributed by atoms with Gasteiger partial charge in [0.1, 0.15) is 5.82 Å². The molecule has 2 aromatic rings. The monoisotopic (exact) mass is 298 g/mol. The van der Waals surface area contributed by atoms with E-state index in [9.17, 15) is 9.59 Å². The molecule has 0 radical (unpaired) electrons. The number of pyridine rings is 2. The van der Waals surface area contributed by atoms with E-state index in [-0.39, 0.29) is 12.3 Å².